The second kappa shape index (κ2) is 14.2. The molecule has 3 heterocycles. The molecule has 0 saturated carbocycles. The lowest BCUT2D eigenvalue weighted by atomic mass is 9.94. The third kappa shape index (κ3) is 6.81. The molecule has 3 aromatic rings. The molecule has 0 aliphatic carbocycles. The van der Waals surface area contributed by atoms with Gasteiger partial charge in [0.1, 0.15) is 17.5 Å². The van der Waals surface area contributed by atoms with Gasteiger partial charge in [-0.1, -0.05) is 17.4 Å². The number of hydrogen-bond donors (Lipinski definition) is 0. The van der Waals surface area contributed by atoms with Crippen LogP contribution in [0.3, 0.4) is 0 Å². The van der Waals surface area contributed by atoms with Gasteiger partial charge in [-0.3, -0.25) is 14.2 Å². The Morgan fingerprint density at radius 3 is 2.43 bits per heavy atom. The number of hydrogen-bond acceptors (Lipinski definition) is 10. The first-order valence-electron chi connectivity index (χ1n) is 15.3. The number of fused-ring (bicyclic) bond motifs is 1. The normalized spacial score (nSPS) is 16.3. The Kier molecular flexibility index (Phi) is 10.2. The average Bonchev–Trinajstić information content (AvgIpc) is 3.68. The largest absolute Gasteiger partial charge is 0.497 e. The first-order valence-corrected chi connectivity index (χ1v) is 16.1. The number of amides is 1. The van der Waals surface area contributed by atoms with Crippen LogP contribution in [-0.4, -0.2) is 68.0 Å². The summed E-state index contributed by atoms with van der Waals surface area (Å²) < 4.78 is 30.4. The Bertz CT molecular complexity index is 1840. The van der Waals surface area contributed by atoms with Gasteiger partial charge in [-0.25, -0.2) is 9.79 Å². The molecule has 0 radical (unpaired) electrons. The van der Waals surface area contributed by atoms with Crippen molar-refractivity contribution in [3.05, 3.63) is 78.5 Å². The van der Waals surface area contributed by atoms with Crippen LogP contribution in [0.5, 0.6) is 23.0 Å². The number of nitrogens with zero attached hydrogens (tertiary/aromatic N) is 3. The van der Waals surface area contributed by atoms with Gasteiger partial charge in [-0.05, 0) is 82.5 Å². The number of benzene rings is 2. The van der Waals surface area contributed by atoms with Crippen LogP contribution in [0.1, 0.15) is 57.7 Å². The van der Waals surface area contributed by atoms with E-state index in [0.717, 1.165) is 25.9 Å². The van der Waals surface area contributed by atoms with E-state index in [9.17, 15) is 14.4 Å². The predicted molar refractivity (Wildman–Crippen MR) is 173 cm³/mol. The third-order valence-electron chi connectivity index (χ3n) is 7.69. The summed E-state index contributed by atoms with van der Waals surface area (Å²) in [6, 6.07) is 9.68. The van der Waals surface area contributed by atoms with E-state index in [1.54, 1.807) is 75.3 Å². The van der Waals surface area contributed by atoms with Crippen LogP contribution in [0.25, 0.3) is 6.08 Å². The summed E-state index contributed by atoms with van der Waals surface area (Å²) >= 11 is 1.21. The molecule has 244 valence electrons. The van der Waals surface area contributed by atoms with Crippen LogP contribution in [-0.2, 0) is 14.3 Å². The summed E-state index contributed by atoms with van der Waals surface area (Å²) in [5.41, 5.74) is 1.59. The molecular weight excluding hydrogens is 610 g/mol. The molecule has 0 bridgehead atoms. The van der Waals surface area contributed by atoms with Crippen LogP contribution in [0.4, 0.5) is 0 Å². The lowest BCUT2D eigenvalue weighted by molar-refractivity contribution is -0.143. The molecule has 2 aromatic carbocycles. The maximum absolute atomic E-state index is 14.2. The molecule has 1 atom stereocenters. The number of carbonyl (C=O) groups is 2. The fourth-order valence-electron chi connectivity index (χ4n) is 5.56. The summed E-state index contributed by atoms with van der Waals surface area (Å²) in [4.78, 5) is 47.1. The molecule has 46 heavy (non-hydrogen) atoms. The zero-order chi connectivity index (χ0) is 33.0. The summed E-state index contributed by atoms with van der Waals surface area (Å²) in [5, 5.41) is 0. The van der Waals surface area contributed by atoms with Crippen molar-refractivity contribution in [1.82, 2.24) is 9.47 Å². The van der Waals surface area contributed by atoms with Crippen molar-refractivity contribution < 1.29 is 33.3 Å². The van der Waals surface area contributed by atoms with Crippen LogP contribution >= 0.6 is 11.3 Å². The van der Waals surface area contributed by atoms with Crippen molar-refractivity contribution in [2.24, 2.45) is 4.99 Å². The molecule has 1 fully saturated rings. The quantitative estimate of drug-likeness (QED) is 0.290. The molecule has 12 heteroatoms. The number of methoxy groups -OCH3 is 2. The zero-order valence-corrected chi connectivity index (χ0v) is 27.8. The molecule has 1 aromatic heterocycles. The second-order valence-electron chi connectivity index (χ2n) is 11.2. The van der Waals surface area contributed by atoms with Gasteiger partial charge in [0.15, 0.2) is 22.9 Å². The standard InChI is InChI=1S/C34H39N3O8S/c1-7-43-27-16-22(10-12-26(27)44-19-29(38)36-14-8-9-15-36)17-28-32(39)37-31(24-18-23(41-5)11-13-25(24)42-6)30(33(40)45-20(2)3)21(4)35-34(37)46-28/h10-13,16-18,20,31H,7-9,14-15,19H2,1-6H3/b28-17-/t31-/m1/s1. The van der Waals surface area contributed by atoms with E-state index in [0.29, 0.717) is 55.8 Å². The summed E-state index contributed by atoms with van der Waals surface area (Å²) in [7, 11) is 3.08. The summed E-state index contributed by atoms with van der Waals surface area (Å²) in [6.07, 6.45) is 3.38. The van der Waals surface area contributed by atoms with Crippen molar-refractivity contribution in [3.8, 4) is 23.0 Å². The summed E-state index contributed by atoms with van der Waals surface area (Å²) in [6.45, 7) is 8.94. The molecule has 2 aliphatic rings. The lowest BCUT2D eigenvalue weighted by Gasteiger charge is -2.26. The monoisotopic (exact) mass is 649 g/mol. The van der Waals surface area contributed by atoms with E-state index in [2.05, 4.69) is 4.99 Å². The number of likely N-dealkylation sites (tertiary alicyclic amines) is 1. The van der Waals surface area contributed by atoms with Gasteiger partial charge >= 0.3 is 5.97 Å². The van der Waals surface area contributed by atoms with Gasteiger partial charge in [-0.15, -0.1) is 0 Å². The smallest absolute Gasteiger partial charge is 0.338 e. The number of allylic oxidation sites excluding steroid dienone is 1. The zero-order valence-electron chi connectivity index (χ0n) is 27.0. The molecule has 1 saturated heterocycles. The minimum absolute atomic E-state index is 0.0562. The predicted octanol–water partition coefficient (Wildman–Crippen LogP) is 3.60. The SMILES string of the molecule is CCOc1cc(/C=c2\sc3n(c2=O)[C@H](c2cc(OC)ccc2OC)C(C(=O)OC(C)C)=C(C)N=3)ccc1OCC(=O)N1CCCC1. The van der Waals surface area contributed by atoms with E-state index < -0.39 is 12.0 Å². The third-order valence-corrected chi connectivity index (χ3v) is 8.67. The number of carbonyl (C=O) groups excluding carboxylic acids is 2. The molecule has 0 unspecified atom stereocenters. The Morgan fingerprint density at radius 2 is 1.76 bits per heavy atom. The van der Waals surface area contributed by atoms with Gasteiger partial charge < -0.3 is 28.6 Å². The molecule has 11 nitrogen and oxygen atoms in total. The maximum atomic E-state index is 14.2. The van der Waals surface area contributed by atoms with E-state index >= 15 is 0 Å². The van der Waals surface area contributed by atoms with Gasteiger partial charge in [0.25, 0.3) is 11.5 Å². The van der Waals surface area contributed by atoms with E-state index in [4.69, 9.17) is 23.7 Å². The highest BCUT2D eigenvalue weighted by molar-refractivity contribution is 7.07. The topological polar surface area (TPSA) is 118 Å². The van der Waals surface area contributed by atoms with Gasteiger partial charge in [0, 0.05) is 18.7 Å². The highest BCUT2D eigenvalue weighted by Gasteiger charge is 2.36. The highest BCUT2D eigenvalue weighted by atomic mass is 32.1. The van der Waals surface area contributed by atoms with Crippen molar-refractivity contribution in [1.29, 1.82) is 0 Å². The lowest BCUT2D eigenvalue weighted by Crippen LogP contribution is -2.40. The minimum Gasteiger partial charge on any atom is -0.497 e. The minimum atomic E-state index is -0.877. The fraction of sp³-hybridized carbons (Fsp3) is 0.412. The van der Waals surface area contributed by atoms with Gasteiger partial charge in [0.05, 0.1) is 42.7 Å². The average molecular weight is 650 g/mol. The Morgan fingerprint density at radius 1 is 1.02 bits per heavy atom. The molecule has 2 aliphatic heterocycles. The molecule has 0 N–H and O–H groups in total. The van der Waals surface area contributed by atoms with Crippen molar-refractivity contribution >= 4 is 29.3 Å². The van der Waals surface area contributed by atoms with Gasteiger partial charge in [0.2, 0.25) is 0 Å². The number of thiazole rings is 1. The van der Waals surface area contributed by atoms with Crippen LogP contribution < -0.4 is 33.8 Å². The van der Waals surface area contributed by atoms with E-state index in [-0.39, 0.29) is 29.8 Å². The first kappa shape index (κ1) is 32.8. The number of rotatable bonds is 11. The molecule has 1 amide bonds. The Hall–Kier alpha value is -4.58. The second-order valence-corrected chi connectivity index (χ2v) is 12.2. The number of esters is 1. The van der Waals surface area contributed by atoms with Crippen LogP contribution in [0.15, 0.2) is 57.5 Å². The highest BCUT2D eigenvalue weighted by Crippen LogP contribution is 2.38. The van der Waals surface area contributed by atoms with Crippen molar-refractivity contribution in [2.45, 2.75) is 52.7 Å². The van der Waals surface area contributed by atoms with Gasteiger partial charge in [-0.2, -0.15) is 0 Å². The van der Waals surface area contributed by atoms with Crippen LogP contribution in [0.2, 0.25) is 0 Å². The van der Waals surface area contributed by atoms with Crippen LogP contribution in [0, 0.1) is 0 Å². The van der Waals surface area contributed by atoms with Crippen molar-refractivity contribution in [3.63, 3.8) is 0 Å². The maximum Gasteiger partial charge on any atom is 0.338 e. The molecule has 0 spiro atoms. The fourth-order valence-corrected chi connectivity index (χ4v) is 6.60. The van der Waals surface area contributed by atoms with E-state index in [1.165, 1.54) is 23.0 Å². The number of aromatic nitrogens is 1. The summed E-state index contributed by atoms with van der Waals surface area (Å²) in [5.74, 6) is 1.30. The molecule has 5 rings (SSSR count). The Labute approximate surface area is 271 Å². The van der Waals surface area contributed by atoms with Crippen molar-refractivity contribution in [2.75, 3.05) is 40.5 Å². The number of ether oxygens (including phenoxy) is 5. The van der Waals surface area contributed by atoms with E-state index in [1.807, 2.05) is 6.92 Å². The Balaban J connectivity index is 1.58. The molecular formula is C34H39N3O8S. The first-order chi connectivity index (χ1) is 22.1.